The fourth-order valence-corrected chi connectivity index (χ4v) is 0.891. The molecule has 0 fully saturated rings. The first-order chi connectivity index (χ1) is 6.22. The van der Waals surface area contributed by atoms with E-state index in [2.05, 4.69) is 0 Å². The van der Waals surface area contributed by atoms with E-state index in [0.717, 1.165) is 23.8 Å². The zero-order valence-corrected chi connectivity index (χ0v) is 9.27. The molecule has 1 rings (SSSR count). The summed E-state index contributed by atoms with van der Waals surface area (Å²) in [5, 5.41) is 0.840. The van der Waals surface area contributed by atoms with E-state index >= 15 is 0 Å². The minimum Gasteiger partial charge on any atom is -0.382 e. The molecule has 0 saturated carbocycles. The van der Waals surface area contributed by atoms with Crippen molar-refractivity contribution in [3.05, 3.63) is 34.9 Å². The van der Waals surface area contributed by atoms with Crippen LogP contribution in [0, 0.1) is 6.92 Å². The van der Waals surface area contributed by atoms with Crippen LogP contribution in [-0.2, 0) is 4.74 Å². The average Bonchev–Trinajstić information content (AvgIpc) is 2.13. The molecule has 0 amide bonds. The van der Waals surface area contributed by atoms with Gasteiger partial charge in [0.2, 0.25) is 0 Å². The van der Waals surface area contributed by atoms with Gasteiger partial charge in [0.25, 0.3) is 0 Å². The van der Waals surface area contributed by atoms with E-state index in [0.29, 0.717) is 0 Å². The third kappa shape index (κ3) is 6.62. The van der Waals surface area contributed by atoms with Crippen molar-refractivity contribution in [2.24, 2.45) is 0 Å². The van der Waals surface area contributed by atoms with Crippen LogP contribution in [0.4, 0.5) is 0 Å². The highest BCUT2D eigenvalue weighted by Gasteiger charge is 1.86. The van der Waals surface area contributed by atoms with Crippen molar-refractivity contribution in [2.75, 3.05) is 13.2 Å². The van der Waals surface area contributed by atoms with Gasteiger partial charge in [-0.25, -0.2) is 0 Å². The lowest BCUT2D eigenvalue weighted by Crippen LogP contribution is -1.84. The zero-order chi connectivity index (χ0) is 10.1. The van der Waals surface area contributed by atoms with Crippen molar-refractivity contribution in [3.63, 3.8) is 0 Å². The Morgan fingerprint density at radius 1 is 1.15 bits per heavy atom. The number of ether oxygens (including phenoxy) is 1. The fourth-order valence-electron chi connectivity index (χ4n) is 0.755. The van der Waals surface area contributed by atoms with E-state index in [1.165, 1.54) is 0 Å². The third-order valence-corrected chi connectivity index (χ3v) is 1.91. The topological polar surface area (TPSA) is 9.23 Å². The molecule has 0 unspecified atom stereocenters. The molecule has 0 aromatic heterocycles. The van der Waals surface area contributed by atoms with Crippen LogP contribution >= 0.6 is 11.6 Å². The molecule has 0 bridgehead atoms. The van der Waals surface area contributed by atoms with Gasteiger partial charge in [-0.15, -0.1) is 0 Å². The molecule has 0 heterocycles. The fraction of sp³-hybridized carbons (Fsp3) is 0.455. The molecule has 2 heteroatoms. The highest BCUT2D eigenvalue weighted by molar-refractivity contribution is 6.31. The van der Waals surface area contributed by atoms with Gasteiger partial charge >= 0.3 is 0 Å². The molecular formula is C11H17ClO. The summed E-state index contributed by atoms with van der Waals surface area (Å²) in [4.78, 5) is 0. The van der Waals surface area contributed by atoms with Gasteiger partial charge in [-0.2, -0.15) is 0 Å². The first kappa shape index (κ1) is 12.5. The Bertz CT molecular complexity index is 200. The van der Waals surface area contributed by atoms with Gasteiger partial charge in [-0.3, -0.25) is 0 Å². The van der Waals surface area contributed by atoms with Gasteiger partial charge in [-0.1, -0.05) is 29.8 Å². The molecule has 74 valence electrons. The quantitative estimate of drug-likeness (QED) is 0.708. The zero-order valence-electron chi connectivity index (χ0n) is 8.51. The highest BCUT2D eigenvalue weighted by atomic mass is 35.5. The minimum absolute atomic E-state index is 0.840. The lowest BCUT2D eigenvalue weighted by molar-refractivity contribution is 0.162. The van der Waals surface area contributed by atoms with Gasteiger partial charge in [-0.05, 0) is 32.4 Å². The minimum atomic E-state index is 0.840. The maximum Gasteiger partial charge on any atom is 0.0437 e. The standard InChI is InChI=1S/C7H7Cl.C4H10O/c1-6-4-2-3-5-7(6)8;1-3-5-4-2/h2-5H,1H3;3-4H2,1-2H3. The van der Waals surface area contributed by atoms with Crippen molar-refractivity contribution >= 4 is 11.6 Å². The monoisotopic (exact) mass is 200 g/mol. The van der Waals surface area contributed by atoms with Crippen molar-refractivity contribution in [3.8, 4) is 0 Å². The van der Waals surface area contributed by atoms with Crippen molar-refractivity contribution in [2.45, 2.75) is 20.8 Å². The Morgan fingerprint density at radius 3 is 1.92 bits per heavy atom. The molecule has 0 radical (unpaired) electrons. The molecular weight excluding hydrogens is 184 g/mol. The average molecular weight is 201 g/mol. The number of aryl methyl sites for hydroxylation is 1. The van der Waals surface area contributed by atoms with Crippen LogP contribution in [-0.4, -0.2) is 13.2 Å². The summed E-state index contributed by atoms with van der Waals surface area (Å²) in [5.41, 5.74) is 1.13. The van der Waals surface area contributed by atoms with Crippen molar-refractivity contribution in [1.82, 2.24) is 0 Å². The first-order valence-electron chi connectivity index (χ1n) is 4.51. The number of hydrogen-bond acceptors (Lipinski definition) is 1. The van der Waals surface area contributed by atoms with Gasteiger partial charge in [0.05, 0.1) is 0 Å². The molecule has 0 aliphatic heterocycles. The van der Waals surface area contributed by atoms with Gasteiger partial charge < -0.3 is 4.74 Å². The van der Waals surface area contributed by atoms with Gasteiger partial charge in [0, 0.05) is 18.2 Å². The van der Waals surface area contributed by atoms with E-state index in [1.54, 1.807) is 0 Å². The molecule has 1 nitrogen and oxygen atoms in total. The maximum atomic E-state index is 5.71. The first-order valence-corrected chi connectivity index (χ1v) is 4.89. The van der Waals surface area contributed by atoms with E-state index < -0.39 is 0 Å². The lowest BCUT2D eigenvalue weighted by atomic mass is 10.2. The molecule has 0 spiro atoms. The Morgan fingerprint density at radius 2 is 1.69 bits per heavy atom. The molecule has 0 N–H and O–H groups in total. The van der Waals surface area contributed by atoms with Crippen LogP contribution in [0.15, 0.2) is 24.3 Å². The summed E-state index contributed by atoms with van der Waals surface area (Å²) >= 11 is 5.71. The third-order valence-electron chi connectivity index (χ3n) is 1.48. The van der Waals surface area contributed by atoms with Crippen molar-refractivity contribution < 1.29 is 4.74 Å². The van der Waals surface area contributed by atoms with Crippen LogP contribution < -0.4 is 0 Å². The number of benzene rings is 1. The second-order valence-corrected chi connectivity index (χ2v) is 2.94. The molecule has 13 heavy (non-hydrogen) atoms. The summed E-state index contributed by atoms with van der Waals surface area (Å²) in [6.07, 6.45) is 0. The summed E-state index contributed by atoms with van der Waals surface area (Å²) in [6.45, 7) is 7.66. The second kappa shape index (κ2) is 8.09. The van der Waals surface area contributed by atoms with E-state index in [-0.39, 0.29) is 0 Å². The largest absolute Gasteiger partial charge is 0.382 e. The maximum absolute atomic E-state index is 5.71. The van der Waals surface area contributed by atoms with E-state index in [9.17, 15) is 0 Å². The van der Waals surface area contributed by atoms with Gasteiger partial charge in [0.15, 0.2) is 0 Å². The highest BCUT2D eigenvalue weighted by Crippen LogP contribution is 2.11. The van der Waals surface area contributed by atoms with Gasteiger partial charge in [0.1, 0.15) is 0 Å². The SMILES string of the molecule is CCOCC.Cc1ccccc1Cl. The molecule has 0 aliphatic rings. The predicted octanol–water partition coefficient (Wildman–Crippen LogP) is 3.69. The summed E-state index contributed by atoms with van der Waals surface area (Å²) in [6, 6.07) is 7.77. The predicted molar refractivity (Wildman–Crippen MR) is 58.4 cm³/mol. The Balaban J connectivity index is 0.000000252. The van der Waals surface area contributed by atoms with Crippen LogP contribution in [0.25, 0.3) is 0 Å². The Kier molecular flexibility index (Phi) is 7.76. The van der Waals surface area contributed by atoms with Crippen LogP contribution in [0.5, 0.6) is 0 Å². The van der Waals surface area contributed by atoms with Crippen molar-refractivity contribution in [1.29, 1.82) is 0 Å². The summed E-state index contributed by atoms with van der Waals surface area (Å²) < 4.78 is 4.83. The van der Waals surface area contributed by atoms with E-state index in [1.807, 2.05) is 45.0 Å². The molecule has 0 atom stereocenters. The molecule has 0 aliphatic carbocycles. The van der Waals surface area contributed by atoms with Crippen LogP contribution in [0.2, 0.25) is 5.02 Å². The normalized spacial score (nSPS) is 8.92. The summed E-state index contributed by atoms with van der Waals surface area (Å²) in [7, 11) is 0. The number of halogens is 1. The Labute approximate surface area is 85.7 Å². The molecule has 0 saturated heterocycles. The van der Waals surface area contributed by atoms with Crippen LogP contribution in [0.1, 0.15) is 19.4 Å². The second-order valence-electron chi connectivity index (χ2n) is 2.53. The molecule has 1 aromatic carbocycles. The number of rotatable bonds is 2. The molecule has 1 aromatic rings. The number of hydrogen-bond donors (Lipinski definition) is 0. The lowest BCUT2D eigenvalue weighted by Gasteiger charge is -1.90. The summed E-state index contributed by atoms with van der Waals surface area (Å²) in [5.74, 6) is 0. The Hall–Kier alpha value is -0.530. The van der Waals surface area contributed by atoms with E-state index in [4.69, 9.17) is 16.3 Å². The smallest absolute Gasteiger partial charge is 0.0437 e. The van der Waals surface area contributed by atoms with Crippen LogP contribution in [0.3, 0.4) is 0 Å².